The van der Waals surface area contributed by atoms with Crippen molar-refractivity contribution in [3.8, 4) is 0 Å². The Labute approximate surface area is 91.6 Å². The van der Waals surface area contributed by atoms with Gasteiger partial charge in [-0.2, -0.15) is 0 Å². The van der Waals surface area contributed by atoms with Crippen LogP contribution in [-0.4, -0.2) is 17.2 Å². The lowest BCUT2D eigenvalue weighted by Crippen LogP contribution is -2.23. The molecule has 2 nitrogen and oxygen atoms in total. The molecule has 0 aromatic rings. The van der Waals surface area contributed by atoms with Crippen molar-refractivity contribution in [3.63, 3.8) is 0 Å². The van der Waals surface area contributed by atoms with E-state index in [4.69, 9.17) is 0 Å². The smallest absolute Gasteiger partial charge is 0.158 e. The van der Waals surface area contributed by atoms with Gasteiger partial charge in [-0.15, -0.1) is 0 Å². The van der Waals surface area contributed by atoms with Gasteiger partial charge in [0.15, 0.2) is 5.78 Å². The van der Waals surface area contributed by atoms with Gasteiger partial charge in [0.2, 0.25) is 0 Å². The van der Waals surface area contributed by atoms with Crippen LogP contribution in [0.4, 0.5) is 0 Å². The molecule has 1 unspecified atom stereocenters. The number of hydrogen-bond acceptors (Lipinski definition) is 2. The highest BCUT2D eigenvalue weighted by atomic mass is 16.1. The maximum atomic E-state index is 11.7. The van der Waals surface area contributed by atoms with Gasteiger partial charge in [-0.1, -0.05) is 19.4 Å². The monoisotopic (exact) mass is 205 g/mol. The van der Waals surface area contributed by atoms with Crippen molar-refractivity contribution in [1.29, 1.82) is 0 Å². The minimum absolute atomic E-state index is 0.264. The molecule has 0 spiro atoms. The van der Waals surface area contributed by atoms with Crippen molar-refractivity contribution in [3.05, 3.63) is 23.5 Å². The first-order valence-electron chi connectivity index (χ1n) is 5.93. The van der Waals surface area contributed by atoms with E-state index in [0.717, 1.165) is 31.4 Å². The van der Waals surface area contributed by atoms with E-state index in [2.05, 4.69) is 24.1 Å². The van der Waals surface area contributed by atoms with Crippen LogP contribution >= 0.6 is 0 Å². The lowest BCUT2D eigenvalue weighted by atomic mass is 9.88. The number of rotatable bonds is 3. The quantitative estimate of drug-likeness (QED) is 0.706. The molecule has 0 aromatic heterocycles. The van der Waals surface area contributed by atoms with Crippen LogP contribution in [0.15, 0.2) is 23.5 Å². The summed E-state index contributed by atoms with van der Waals surface area (Å²) in [6.07, 6.45) is 8.89. The highest BCUT2D eigenvalue weighted by Gasteiger charge is 2.28. The molecule has 2 heterocycles. The zero-order valence-electron chi connectivity index (χ0n) is 9.62. The standard InChI is InChI=1S/C13H19NO/c1-3-5-11-7-9-14-8-4-6-12(14)13(11)10(2)15/h7,9,11H,3-6,8H2,1-2H3. The third-order valence-electron chi connectivity index (χ3n) is 3.32. The Hall–Kier alpha value is -1.05. The molecule has 1 fully saturated rings. The lowest BCUT2D eigenvalue weighted by molar-refractivity contribution is -0.114. The number of hydrogen-bond donors (Lipinski definition) is 0. The number of ketones is 1. The SMILES string of the molecule is CCCC1C=CN2CCCC2=C1C(C)=O. The predicted molar refractivity (Wildman–Crippen MR) is 61.2 cm³/mol. The Kier molecular flexibility index (Phi) is 2.94. The first-order valence-corrected chi connectivity index (χ1v) is 5.93. The molecule has 2 aliphatic heterocycles. The molecule has 2 heteroatoms. The minimum Gasteiger partial charge on any atom is -0.351 e. The van der Waals surface area contributed by atoms with Gasteiger partial charge in [0.1, 0.15) is 0 Å². The number of Topliss-reactive ketones (excluding diaryl/α,β-unsaturated/α-hetero) is 1. The molecule has 0 aliphatic carbocycles. The Balaban J connectivity index is 2.32. The number of carbonyl (C=O) groups excluding carboxylic acids is 1. The third-order valence-corrected chi connectivity index (χ3v) is 3.32. The number of carbonyl (C=O) groups is 1. The Bertz CT molecular complexity index is 327. The van der Waals surface area contributed by atoms with E-state index >= 15 is 0 Å². The van der Waals surface area contributed by atoms with Crippen LogP contribution in [0.3, 0.4) is 0 Å². The average molecular weight is 205 g/mol. The van der Waals surface area contributed by atoms with Crippen LogP contribution in [-0.2, 0) is 4.79 Å². The zero-order chi connectivity index (χ0) is 10.8. The van der Waals surface area contributed by atoms with E-state index in [0.29, 0.717) is 5.92 Å². The van der Waals surface area contributed by atoms with E-state index in [9.17, 15) is 4.79 Å². The second-order valence-corrected chi connectivity index (χ2v) is 4.45. The molecule has 2 aliphatic rings. The van der Waals surface area contributed by atoms with Crippen molar-refractivity contribution in [1.82, 2.24) is 4.90 Å². The molecule has 82 valence electrons. The van der Waals surface area contributed by atoms with Crippen molar-refractivity contribution < 1.29 is 4.79 Å². The second kappa shape index (κ2) is 4.21. The average Bonchev–Trinajstić information content (AvgIpc) is 2.64. The van der Waals surface area contributed by atoms with E-state index in [1.807, 2.05) is 0 Å². The van der Waals surface area contributed by atoms with Gasteiger partial charge in [0, 0.05) is 29.9 Å². The summed E-state index contributed by atoms with van der Waals surface area (Å²) >= 11 is 0. The number of fused-ring (bicyclic) bond motifs is 1. The maximum absolute atomic E-state index is 11.7. The number of nitrogens with zero attached hydrogens (tertiary/aromatic N) is 1. The summed E-state index contributed by atoms with van der Waals surface area (Å²) < 4.78 is 0. The molecule has 0 amide bonds. The first-order chi connectivity index (χ1) is 7.24. The topological polar surface area (TPSA) is 20.3 Å². The minimum atomic E-state index is 0.264. The summed E-state index contributed by atoms with van der Waals surface area (Å²) in [6, 6.07) is 0. The summed E-state index contributed by atoms with van der Waals surface area (Å²) in [4.78, 5) is 14.0. The van der Waals surface area contributed by atoms with Crippen LogP contribution in [0, 0.1) is 5.92 Å². The van der Waals surface area contributed by atoms with Gasteiger partial charge in [-0.05, 0) is 26.2 Å². The molecule has 15 heavy (non-hydrogen) atoms. The maximum Gasteiger partial charge on any atom is 0.158 e. The molecule has 0 radical (unpaired) electrons. The van der Waals surface area contributed by atoms with Crippen LogP contribution in [0.1, 0.15) is 39.5 Å². The number of allylic oxidation sites excluding steroid dienone is 3. The highest BCUT2D eigenvalue weighted by molar-refractivity contribution is 5.95. The molecule has 0 aromatic carbocycles. The second-order valence-electron chi connectivity index (χ2n) is 4.45. The van der Waals surface area contributed by atoms with Crippen molar-refractivity contribution in [2.75, 3.05) is 6.54 Å². The van der Waals surface area contributed by atoms with Gasteiger partial charge in [-0.3, -0.25) is 4.79 Å². The fourth-order valence-electron chi connectivity index (χ4n) is 2.68. The summed E-state index contributed by atoms with van der Waals surface area (Å²) in [5.74, 6) is 0.636. The van der Waals surface area contributed by atoms with Gasteiger partial charge in [0.05, 0.1) is 0 Å². The van der Waals surface area contributed by atoms with Crippen LogP contribution in [0.5, 0.6) is 0 Å². The van der Waals surface area contributed by atoms with Crippen molar-refractivity contribution in [2.45, 2.75) is 39.5 Å². The Morgan fingerprint density at radius 2 is 2.40 bits per heavy atom. The van der Waals surface area contributed by atoms with Crippen LogP contribution < -0.4 is 0 Å². The summed E-state index contributed by atoms with van der Waals surface area (Å²) in [5, 5.41) is 0. The summed E-state index contributed by atoms with van der Waals surface area (Å²) in [6.45, 7) is 4.97. The lowest BCUT2D eigenvalue weighted by Gasteiger charge is -2.27. The molecule has 1 atom stereocenters. The van der Waals surface area contributed by atoms with Crippen molar-refractivity contribution in [2.24, 2.45) is 5.92 Å². The summed E-state index contributed by atoms with van der Waals surface area (Å²) in [5.41, 5.74) is 2.38. The Morgan fingerprint density at radius 1 is 1.60 bits per heavy atom. The van der Waals surface area contributed by atoms with E-state index in [-0.39, 0.29) is 5.78 Å². The van der Waals surface area contributed by atoms with Gasteiger partial charge >= 0.3 is 0 Å². The van der Waals surface area contributed by atoms with Gasteiger partial charge in [-0.25, -0.2) is 0 Å². The van der Waals surface area contributed by atoms with Crippen LogP contribution in [0.25, 0.3) is 0 Å². The largest absolute Gasteiger partial charge is 0.351 e. The van der Waals surface area contributed by atoms with E-state index in [1.54, 1.807) is 6.92 Å². The zero-order valence-corrected chi connectivity index (χ0v) is 9.62. The van der Waals surface area contributed by atoms with Crippen LogP contribution in [0.2, 0.25) is 0 Å². The normalized spacial score (nSPS) is 24.7. The molecule has 1 saturated heterocycles. The molecule has 2 rings (SSSR count). The Morgan fingerprint density at radius 3 is 3.07 bits per heavy atom. The molecular formula is C13H19NO. The first kappa shape index (κ1) is 10.5. The van der Waals surface area contributed by atoms with Gasteiger partial charge < -0.3 is 4.90 Å². The van der Waals surface area contributed by atoms with E-state index in [1.165, 1.54) is 12.1 Å². The third kappa shape index (κ3) is 1.85. The molecular weight excluding hydrogens is 186 g/mol. The van der Waals surface area contributed by atoms with Crippen molar-refractivity contribution >= 4 is 5.78 Å². The fraction of sp³-hybridized carbons (Fsp3) is 0.615. The molecule has 0 saturated carbocycles. The predicted octanol–water partition coefficient (Wildman–Crippen LogP) is 2.87. The van der Waals surface area contributed by atoms with E-state index < -0.39 is 0 Å². The highest BCUT2D eigenvalue weighted by Crippen LogP contribution is 2.35. The molecule has 0 bridgehead atoms. The molecule has 0 N–H and O–H groups in total. The fourth-order valence-corrected chi connectivity index (χ4v) is 2.68. The van der Waals surface area contributed by atoms with Gasteiger partial charge in [0.25, 0.3) is 0 Å². The summed E-state index contributed by atoms with van der Waals surface area (Å²) in [7, 11) is 0.